The molecule has 2 amide bonds. The Labute approximate surface area is 202 Å². The van der Waals surface area contributed by atoms with E-state index in [2.05, 4.69) is 22.9 Å². The second-order valence-corrected chi connectivity index (χ2v) is 8.26. The van der Waals surface area contributed by atoms with Crippen molar-refractivity contribution in [2.24, 2.45) is 0 Å². The van der Waals surface area contributed by atoms with Crippen molar-refractivity contribution in [1.82, 2.24) is 20.6 Å². The molecule has 2 aromatic heterocycles. The summed E-state index contributed by atoms with van der Waals surface area (Å²) in [4.78, 5) is 38.0. The van der Waals surface area contributed by atoms with Crippen molar-refractivity contribution < 1.29 is 14.0 Å². The van der Waals surface area contributed by atoms with Gasteiger partial charge in [-0.1, -0.05) is 68.3 Å². The van der Waals surface area contributed by atoms with Gasteiger partial charge in [0.25, 0.3) is 11.5 Å². The number of fused-ring (bicyclic) bond motifs is 1. The first-order chi connectivity index (χ1) is 17.1. The quantitative estimate of drug-likeness (QED) is 0.280. The smallest absolute Gasteiger partial charge is 0.290 e. The normalized spacial score (nSPS) is 10.9. The number of nitrogens with zero attached hydrogens (tertiary/aromatic N) is 2. The summed E-state index contributed by atoms with van der Waals surface area (Å²) in [6, 6.07) is 20.3. The molecule has 0 aliphatic heterocycles. The number of aryl methyl sites for hydroxylation is 2. The molecule has 0 fully saturated rings. The molecule has 0 saturated heterocycles. The van der Waals surface area contributed by atoms with Gasteiger partial charge in [0.15, 0.2) is 5.69 Å². The van der Waals surface area contributed by atoms with Gasteiger partial charge >= 0.3 is 0 Å². The van der Waals surface area contributed by atoms with Gasteiger partial charge in [0.05, 0.1) is 5.39 Å². The maximum absolute atomic E-state index is 12.9. The summed E-state index contributed by atoms with van der Waals surface area (Å²) in [5, 5.41) is 5.16. The van der Waals surface area contributed by atoms with Crippen LogP contribution < -0.4 is 16.4 Å². The molecule has 35 heavy (non-hydrogen) atoms. The van der Waals surface area contributed by atoms with E-state index in [-0.39, 0.29) is 23.6 Å². The second kappa shape index (κ2) is 11.3. The molecule has 2 N–H and O–H groups in total. The average molecular weight is 473 g/mol. The van der Waals surface area contributed by atoms with Gasteiger partial charge in [-0.2, -0.15) is 5.10 Å². The molecule has 8 nitrogen and oxygen atoms in total. The summed E-state index contributed by atoms with van der Waals surface area (Å²) in [6.45, 7) is 2.50. The molecule has 0 spiro atoms. The van der Waals surface area contributed by atoms with E-state index in [0.29, 0.717) is 29.5 Å². The van der Waals surface area contributed by atoms with E-state index in [1.165, 1.54) is 4.68 Å². The van der Waals surface area contributed by atoms with E-state index in [1.54, 1.807) is 24.3 Å². The molecular weight excluding hydrogens is 444 g/mol. The largest absolute Gasteiger partial charge is 0.461 e. The Hall–Kier alpha value is -4.20. The monoisotopic (exact) mass is 472 g/mol. The summed E-state index contributed by atoms with van der Waals surface area (Å²) in [5.74, 6) is 0.471. The molecule has 2 heterocycles. The lowest BCUT2D eigenvalue weighted by Gasteiger charge is -2.12. The Morgan fingerprint density at radius 3 is 2.43 bits per heavy atom. The first kappa shape index (κ1) is 23.9. The number of carbonyl (C=O) groups excluding carboxylic acids is 2. The van der Waals surface area contributed by atoms with Crippen molar-refractivity contribution in [3.05, 3.63) is 88.5 Å². The van der Waals surface area contributed by atoms with Crippen LogP contribution in [0, 0.1) is 0 Å². The van der Waals surface area contributed by atoms with Crippen molar-refractivity contribution in [2.75, 3.05) is 0 Å². The Morgan fingerprint density at radius 1 is 0.914 bits per heavy atom. The highest BCUT2D eigenvalue weighted by Gasteiger charge is 2.17. The van der Waals surface area contributed by atoms with E-state index in [0.717, 1.165) is 30.6 Å². The lowest BCUT2D eigenvalue weighted by Crippen LogP contribution is -2.42. The van der Waals surface area contributed by atoms with Crippen molar-refractivity contribution in [3.63, 3.8) is 0 Å². The van der Waals surface area contributed by atoms with Crippen LogP contribution in [0.25, 0.3) is 22.1 Å². The fourth-order valence-electron chi connectivity index (χ4n) is 3.82. The summed E-state index contributed by atoms with van der Waals surface area (Å²) >= 11 is 0. The highest BCUT2D eigenvalue weighted by molar-refractivity contribution is 6.05. The lowest BCUT2D eigenvalue weighted by atomic mass is 10.1. The number of amides is 2. The van der Waals surface area contributed by atoms with Gasteiger partial charge in [0.1, 0.15) is 11.5 Å². The van der Waals surface area contributed by atoms with Crippen LogP contribution in [0.15, 0.2) is 75.9 Å². The first-order valence-electron chi connectivity index (χ1n) is 11.8. The molecule has 8 heteroatoms. The molecule has 2 aromatic carbocycles. The maximum Gasteiger partial charge on any atom is 0.290 e. The lowest BCUT2D eigenvalue weighted by molar-refractivity contribution is -0.121. The van der Waals surface area contributed by atoms with Gasteiger partial charge in [0, 0.05) is 30.3 Å². The Bertz CT molecular complexity index is 1370. The van der Waals surface area contributed by atoms with Crippen LogP contribution in [0.3, 0.4) is 0 Å². The molecule has 0 atom stereocenters. The number of benzene rings is 2. The van der Waals surface area contributed by atoms with Crippen LogP contribution in [-0.2, 0) is 17.8 Å². The number of furan rings is 1. The molecule has 0 unspecified atom stereocenters. The van der Waals surface area contributed by atoms with E-state index < -0.39 is 5.91 Å². The van der Waals surface area contributed by atoms with E-state index in [9.17, 15) is 14.4 Å². The molecule has 180 valence electrons. The minimum Gasteiger partial charge on any atom is -0.461 e. The number of hydrogen-bond acceptors (Lipinski definition) is 5. The molecule has 0 aliphatic carbocycles. The standard InChI is InChI=1S/C27H28N4O4/c1-2-3-9-18-31-27(34)22-13-8-7-12-21(22)25(30-31)26(33)29-28-24(32)17-15-20-14-16-23(35-20)19-10-5-4-6-11-19/h4-8,10-14,16H,2-3,9,15,17-18H2,1H3,(H,28,32)(H,29,33). The topological polar surface area (TPSA) is 106 Å². The van der Waals surface area contributed by atoms with Crippen LogP contribution >= 0.6 is 0 Å². The van der Waals surface area contributed by atoms with Crippen LogP contribution in [0.4, 0.5) is 0 Å². The SMILES string of the molecule is CCCCCn1nc(C(=O)NNC(=O)CCc2ccc(-c3ccccc3)o2)c2ccccc2c1=O. The predicted octanol–water partition coefficient (Wildman–Crippen LogP) is 4.24. The molecule has 4 aromatic rings. The summed E-state index contributed by atoms with van der Waals surface area (Å²) in [5.41, 5.74) is 5.68. The molecule has 0 saturated carbocycles. The Balaban J connectivity index is 1.38. The van der Waals surface area contributed by atoms with Gasteiger partial charge in [-0.3, -0.25) is 25.2 Å². The maximum atomic E-state index is 12.9. The van der Waals surface area contributed by atoms with Crippen LogP contribution in [0.2, 0.25) is 0 Å². The van der Waals surface area contributed by atoms with Gasteiger partial charge in [-0.05, 0) is 24.6 Å². The summed E-state index contributed by atoms with van der Waals surface area (Å²) in [7, 11) is 0. The molecule has 4 rings (SSSR count). The van der Waals surface area contributed by atoms with Crippen LogP contribution in [-0.4, -0.2) is 21.6 Å². The number of unbranched alkanes of at least 4 members (excludes halogenated alkanes) is 2. The van der Waals surface area contributed by atoms with Crippen LogP contribution in [0.5, 0.6) is 0 Å². The van der Waals surface area contributed by atoms with Gasteiger partial charge in [0.2, 0.25) is 5.91 Å². The van der Waals surface area contributed by atoms with Gasteiger partial charge in [-0.25, -0.2) is 4.68 Å². The number of aromatic nitrogens is 2. The zero-order valence-electron chi connectivity index (χ0n) is 19.6. The second-order valence-electron chi connectivity index (χ2n) is 8.26. The predicted molar refractivity (Wildman–Crippen MR) is 134 cm³/mol. The van der Waals surface area contributed by atoms with Gasteiger partial charge < -0.3 is 4.42 Å². The van der Waals surface area contributed by atoms with E-state index in [4.69, 9.17) is 4.42 Å². The van der Waals surface area contributed by atoms with Crippen molar-refractivity contribution in [3.8, 4) is 11.3 Å². The number of hydrazine groups is 1. The first-order valence-corrected chi connectivity index (χ1v) is 11.8. The third-order valence-corrected chi connectivity index (χ3v) is 5.69. The minimum atomic E-state index is -0.580. The highest BCUT2D eigenvalue weighted by Crippen LogP contribution is 2.22. The zero-order chi connectivity index (χ0) is 24.6. The van der Waals surface area contributed by atoms with Crippen molar-refractivity contribution in [2.45, 2.75) is 45.6 Å². The average Bonchev–Trinajstić information content (AvgIpc) is 3.37. The molecular formula is C27H28N4O4. The van der Waals surface area contributed by atoms with E-state index in [1.807, 2.05) is 42.5 Å². The number of nitrogens with one attached hydrogen (secondary N) is 2. The Kier molecular flexibility index (Phi) is 7.72. The third kappa shape index (κ3) is 5.84. The fraction of sp³-hybridized carbons (Fsp3) is 0.259. The van der Waals surface area contributed by atoms with Crippen LogP contribution in [0.1, 0.15) is 48.9 Å². The Morgan fingerprint density at radius 2 is 1.66 bits per heavy atom. The molecule has 0 bridgehead atoms. The number of hydrogen-bond donors (Lipinski definition) is 2. The molecule has 0 aliphatic rings. The highest BCUT2D eigenvalue weighted by atomic mass is 16.3. The van der Waals surface area contributed by atoms with Crippen molar-refractivity contribution in [1.29, 1.82) is 0 Å². The summed E-state index contributed by atoms with van der Waals surface area (Å²) < 4.78 is 7.15. The minimum absolute atomic E-state index is 0.0931. The fourth-order valence-corrected chi connectivity index (χ4v) is 3.82. The van der Waals surface area contributed by atoms with Gasteiger partial charge in [-0.15, -0.1) is 0 Å². The zero-order valence-corrected chi connectivity index (χ0v) is 19.6. The number of carbonyl (C=O) groups is 2. The van der Waals surface area contributed by atoms with E-state index >= 15 is 0 Å². The molecule has 0 radical (unpaired) electrons. The summed E-state index contributed by atoms with van der Waals surface area (Å²) in [6.07, 6.45) is 3.28. The third-order valence-electron chi connectivity index (χ3n) is 5.69. The van der Waals surface area contributed by atoms with Crippen molar-refractivity contribution >= 4 is 22.6 Å². The number of rotatable bonds is 9.